The highest BCUT2D eigenvalue weighted by Crippen LogP contribution is 2.35. The molecule has 2 amide bonds. The molecule has 0 spiro atoms. The summed E-state index contributed by atoms with van der Waals surface area (Å²) >= 11 is 0. The summed E-state index contributed by atoms with van der Waals surface area (Å²) in [4.78, 5) is 37.2. The maximum Gasteiger partial charge on any atom is 0.251 e. The number of carbonyl (C=O) groups is 2. The van der Waals surface area contributed by atoms with E-state index in [0.717, 1.165) is 40.1 Å². The summed E-state index contributed by atoms with van der Waals surface area (Å²) in [5.74, 6) is 1.30. The second-order valence-corrected chi connectivity index (χ2v) is 11.6. The van der Waals surface area contributed by atoms with Gasteiger partial charge >= 0.3 is 0 Å². The van der Waals surface area contributed by atoms with Crippen molar-refractivity contribution in [3.05, 3.63) is 60.3 Å². The summed E-state index contributed by atoms with van der Waals surface area (Å²) in [6.07, 6.45) is 8.43. The van der Waals surface area contributed by atoms with Crippen LogP contribution in [0.4, 0.5) is 0 Å². The molecule has 41 heavy (non-hydrogen) atoms. The van der Waals surface area contributed by atoms with Gasteiger partial charge in [-0.25, -0.2) is 9.97 Å². The number of fused-ring (bicyclic) bond motifs is 2. The molecule has 10 heteroatoms. The number of benzene rings is 1. The number of pyridine rings is 1. The van der Waals surface area contributed by atoms with Gasteiger partial charge in [-0.2, -0.15) is 0 Å². The van der Waals surface area contributed by atoms with Crippen LogP contribution >= 0.6 is 0 Å². The minimum atomic E-state index is -0.143. The number of piperidine rings is 1. The van der Waals surface area contributed by atoms with Crippen LogP contribution in [0.2, 0.25) is 0 Å². The molecule has 4 aromatic rings. The van der Waals surface area contributed by atoms with Crippen LogP contribution in [0.15, 0.2) is 54.7 Å². The molecule has 2 fully saturated rings. The first kappa shape index (κ1) is 27.2. The van der Waals surface area contributed by atoms with Gasteiger partial charge in [-0.05, 0) is 75.7 Å². The number of likely N-dealkylation sites (N-methyl/N-ethyl adjacent to an activating group) is 1. The molecule has 1 saturated heterocycles. The Kier molecular flexibility index (Phi) is 7.59. The van der Waals surface area contributed by atoms with Gasteiger partial charge < -0.3 is 30.0 Å². The van der Waals surface area contributed by atoms with Crippen molar-refractivity contribution in [2.45, 2.75) is 37.9 Å². The molecule has 2 aliphatic rings. The largest absolute Gasteiger partial charge is 0.348 e. The summed E-state index contributed by atoms with van der Waals surface area (Å²) < 4.78 is 4.39. The molecule has 0 unspecified atom stereocenters. The van der Waals surface area contributed by atoms with Gasteiger partial charge in [-0.1, -0.05) is 6.08 Å². The fourth-order valence-corrected chi connectivity index (χ4v) is 5.64. The van der Waals surface area contributed by atoms with Crippen molar-refractivity contribution in [2.75, 3.05) is 33.7 Å². The van der Waals surface area contributed by atoms with Gasteiger partial charge in [0, 0.05) is 68.5 Å². The number of imidazole rings is 1. The number of amides is 2. The first-order chi connectivity index (χ1) is 19.9. The normalized spacial score (nSPS) is 19.4. The third-order valence-electron chi connectivity index (χ3n) is 7.94. The number of aromatic nitrogens is 4. The van der Waals surface area contributed by atoms with Gasteiger partial charge in [0.15, 0.2) is 5.82 Å². The monoisotopic (exact) mass is 554 g/mol. The third kappa shape index (κ3) is 6.03. The van der Waals surface area contributed by atoms with Crippen LogP contribution in [0.5, 0.6) is 0 Å². The van der Waals surface area contributed by atoms with E-state index in [-0.39, 0.29) is 23.9 Å². The number of aryl methyl sites for hydroxylation is 1. The van der Waals surface area contributed by atoms with E-state index in [0.29, 0.717) is 37.5 Å². The maximum atomic E-state index is 13.3. The van der Waals surface area contributed by atoms with Gasteiger partial charge in [-0.15, -0.1) is 0 Å². The second kappa shape index (κ2) is 11.5. The molecule has 0 bridgehead atoms. The van der Waals surface area contributed by atoms with Crippen molar-refractivity contribution in [3.63, 3.8) is 0 Å². The zero-order chi connectivity index (χ0) is 28.5. The van der Waals surface area contributed by atoms with E-state index in [2.05, 4.69) is 42.2 Å². The van der Waals surface area contributed by atoms with Crippen molar-refractivity contribution >= 4 is 33.9 Å². The lowest BCUT2D eigenvalue weighted by atomic mass is 10.0. The highest BCUT2D eigenvalue weighted by Gasteiger charge is 2.27. The number of nitrogens with one attached hydrogen (secondary N) is 3. The first-order valence-electron chi connectivity index (χ1n) is 14.4. The van der Waals surface area contributed by atoms with Crippen LogP contribution in [0, 0.1) is 5.92 Å². The summed E-state index contributed by atoms with van der Waals surface area (Å²) in [6.45, 7) is 2.98. The molecule has 1 aromatic carbocycles. The van der Waals surface area contributed by atoms with Crippen molar-refractivity contribution in [1.82, 2.24) is 40.0 Å². The minimum absolute atomic E-state index is 0.0525. The van der Waals surface area contributed by atoms with E-state index in [9.17, 15) is 9.59 Å². The van der Waals surface area contributed by atoms with Crippen molar-refractivity contribution < 1.29 is 9.59 Å². The lowest BCUT2D eigenvalue weighted by molar-refractivity contribution is -0.117. The molecular formula is C31H38N8O2. The van der Waals surface area contributed by atoms with E-state index >= 15 is 0 Å². The van der Waals surface area contributed by atoms with E-state index < -0.39 is 0 Å². The minimum Gasteiger partial charge on any atom is -0.348 e. The Morgan fingerprint density at radius 3 is 2.71 bits per heavy atom. The maximum absolute atomic E-state index is 13.3. The Hall–Kier alpha value is -4.02. The number of rotatable bonds is 9. The van der Waals surface area contributed by atoms with Crippen molar-refractivity contribution in [1.29, 1.82) is 0 Å². The Morgan fingerprint density at radius 1 is 1.12 bits per heavy atom. The molecule has 1 aliphatic carbocycles. The molecule has 1 aliphatic heterocycles. The number of carbonyl (C=O) groups excluding carboxylic acids is 2. The van der Waals surface area contributed by atoms with Gasteiger partial charge in [0.25, 0.3) is 5.91 Å². The van der Waals surface area contributed by atoms with Crippen LogP contribution in [0.1, 0.15) is 29.6 Å². The predicted molar refractivity (Wildman–Crippen MR) is 161 cm³/mol. The smallest absolute Gasteiger partial charge is 0.251 e. The van der Waals surface area contributed by atoms with Crippen molar-refractivity contribution in [2.24, 2.45) is 13.0 Å². The Morgan fingerprint density at radius 2 is 1.93 bits per heavy atom. The number of hydrogen-bond donors (Lipinski definition) is 3. The lowest BCUT2D eigenvalue weighted by Crippen LogP contribution is -2.55. The molecule has 3 N–H and O–H groups in total. The van der Waals surface area contributed by atoms with Gasteiger partial charge in [-0.3, -0.25) is 9.59 Å². The zero-order valence-corrected chi connectivity index (χ0v) is 23.9. The molecule has 4 heterocycles. The zero-order valence-electron chi connectivity index (χ0n) is 23.9. The van der Waals surface area contributed by atoms with E-state index in [1.165, 1.54) is 12.8 Å². The van der Waals surface area contributed by atoms with Crippen LogP contribution in [0.3, 0.4) is 0 Å². The molecule has 2 atom stereocenters. The van der Waals surface area contributed by atoms with Gasteiger partial charge in [0.2, 0.25) is 5.91 Å². The fourth-order valence-electron chi connectivity index (χ4n) is 5.64. The van der Waals surface area contributed by atoms with E-state index in [1.807, 2.05) is 62.6 Å². The summed E-state index contributed by atoms with van der Waals surface area (Å²) in [6, 6.07) is 11.8. The highest BCUT2D eigenvalue weighted by atomic mass is 16.2. The lowest BCUT2D eigenvalue weighted by Gasteiger charge is -2.31. The van der Waals surface area contributed by atoms with E-state index in [1.54, 1.807) is 6.08 Å². The highest BCUT2D eigenvalue weighted by molar-refractivity contribution is 5.98. The predicted octanol–water partition coefficient (Wildman–Crippen LogP) is 2.69. The molecule has 6 rings (SSSR count). The Labute approximate surface area is 239 Å². The topological polar surface area (TPSA) is 109 Å². The van der Waals surface area contributed by atoms with Crippen molar-refractivity contribution in [3.8, 4) is 11.5 Å². The summed E-state index contributed by atoms with van der Waals surface area (Å²) in [7, 11) is 5.94. The quantitative estimate of drug-likeness (QED) is 0.275. The van der Waals surface area contributed by atoms with Gasteiger partial charge in [0.05, 0.1) is 16.7 Å². The van der Waals surface area contributed by atoms with Crippen LogP contribution in [-0.4, -0.2) is 81.6 Å². The molecular weight excluding hydrogens is 516 g/mol. The number of hydrogen-bond acceptors (Lipinski definition) is 6. The number of nitrogens with zero attached hydrogens (tertiary/aromatic N) is 5. The second-order valence-electron chi connectivity index (χ2n) is 11.6. The molecule has 214 valence electrons. The molecule has 10 nitrogen and oxygen atoms in total. The fraction of sp³-hybridized carbons (Fsp3) is 0.419. The standard InChI is InChI=1S/C31H38N8O2/c1-37(2)13-5-7-28(40)34-23-16-24(18-32-17-23)35-31(41)22-10-11-26-25(14-22)36-30(38(26)3)27-15-21-6-4-12-33-29(21)39(27)19-20-8-9-20/h4-7,10-12,14-15,20,23-24,32H,8-9,13,16-19H2,1-3H3,(H,34,40)(H,35,41)/b7-5+/t23-,24+/m1/s1. The van der Waals surface area contributed by atoms with Crippen LogP contribution < -0.4 is 16.0 Å². The summed E-state index contributed by atoms with van der Waals surface area (Å²) in [5, 5.41) is 10.6. The molecule has 1 saturated carbocycles. The Bertz CT molecular complexity index is 1610. The first-order valence-corrected chi connectivity index (χ1v) is 14.4. The third-order valence-corrected chi connectivity index (χ3v) is 7.94. The SMILES string of the molecule is CN(C)C/C=C/C(=O)N[C@H]1CNC[C@@H](NC(=O)c2ccc3c(c2)nc(-c2cc4cccnc4n2CC2CC2)n3C)C1. The average molecular weight is 555 g/mol. The van der Waals surface area contributed by atoms with E-state index in [4.69, 9.17) is 4.98 Å². The average Bonchev–Trinajstić information content (AvgIpc) is 3.62. The van der Waals surface area contributed by atoms with Crippen LogP contribution in [0.25, 0.3) is 33.6 Å². The Balaban J connectivity index is 1.17. The molecule has 0 radical (unpaired) electrons. The van der Waals surface area contributed by atoms with Gasteiger partial charge in [0.1, 0.15) is 5.65 Å². The summed E-state index contributed by atoms with van der Waals surface area (Å²) in [5.41, 5.74) is 4.36. The molecule has 3 aromatic heterocycles. The van der Waals surface area contributed by atoms with Crippen LogP contribution in [-0.2, 0) is 18.4 Å².